The van der Waals surface area contributed by atoms with Gasteiger partial charge < -0.3 is 29.2 Å². The van der Waals surface area contributed by atoms with E-state index in [9.17, 15) is 0 Å². The molecule has 0 atom stereocenters. The van der Waals surface area contributed by atoms with Gasteiger partial charge >= 0.3 is 0 Å². The second-order valence-electron chi connectivity index (χ2n) is 22.3. The number of rotatable bonds is 4. The molecule has 0 radical (unpaired) electrons. The summed E-state index contributed by atoms with van der Waals surface area (Å²) in [5, 5.41) is 9.31. The van der Waals surface area contributed by atoms with Crippen LogP contribution in [0.1, 0.15) is 11.4 Å². The van der Waals surface area contributed by atoms with Crippen LogP contribution in [-0.4, -0.2) is 47.4 Å². The fourth-order valence-corrected chi connectivity index (χ4v) is 13.8. The smallest absolute Gasteiger partial charge is 0.278 e. The average Bonchev–Trinajstić information content (AvgIpc) is 0.856. The SMILES string of the molecule is CN1[CH-]N(c2[c-]c3c(cc2)-c2ccccc2N2B3c3[c-]c(-n4cccn4)ccc3-c3ccccc32)c2ccccc21.Cc1cc(C)n(-c2[c-]c3c(cc2)-c2ccccc2N2B3c3[c-]c(N4[CH-]N(C)c5ccccc54)ccc3-c3ccccc32)n1.[Pt].[Pt]. The number of hydrogen-bond acceptors (Lipinski definition) is 8. The molecular formula is C72H50B2N10Pt2-6. The molecule has 0 N–H and O–H groups in total. The summed E-state index contributed by atoms with van der Waals surface area (Å²) in [5.74, 6) is 0. The number of hydrogen-bond donors (Lipinski definition) is 0. The molecule has 0 fully saturated rings. The van der Waals surface area contributed by atoms with Crippen LogP contribution in [0.15, 0.2) is 219 Å². The molecule has 10 nitrogen and oxygen atoms in total. The summed E-state index contributed by atoms with van der Waals surface area (Å²) in [6.07, 6.45) is 3.78. The molecule has 2 aromatic heterocycles. The van der Waals surface area contributed by atoms with Crippen LogP contribution in [0.2, 0.25) is 0 Å². The van der Waals surface area contributed by atoms with Gasteiger partial charge in [0.25, 0.3) is 13.7 Å². The van der Waals surface area contributed by atoms with Crippen LogP contribution in [0.25, 0.3) is 55.9 Å². The molecule has 14 heteroatoms. The maximum atomic E-state index is 4.80. The van der Waals surface area contributed by atoms with E-state index in [1.165, 1.54) is 78.6 Å². The summed E-state index contributed by atoms with van der Waals surface area (Å²) in [7, 11) is 4.19. The third-order valence-corrected chi connectivity index (χ3v) is 17.4. The number of aromatic nitrogens is 4. The van der Waals surface area contributed by atoms with Crippen molar-refractivity contribution in [3.63, 3.8) is 0 Å². The van der Waals surface area contributed by atoms with Gasteiger partial charge in [0.05, 0.1) is 5.69 Å². The molecule has 0 saturated heterocycles. The van der Waals surface area contributed by atoms with E-state index in [-0.39, 0.29) is 55.8 Å². The van der Waals surface area contributed by atoms with Gasteiger partial charge in [0.15, 0.2) is 0 Å². The first-order valence-electron chi connectivity index (χ1n) is 28.5. The molecule has 0 aliphatic carbocycles. The number of fused-ring (bicyclic) bond motifs is 24. The molecule has 6 aliphatic heterocycles. The zero-order chi connectivity index (χ0) is 55.9. The van der Waals surface area contributed by atoms with E-state index < -0.39 is 0 Å². The molecule has 0 spiro atoms. The normalized spacial score (nSPS) is 13.8. The third kappa shape index (κ3) is 8.17. The zero-order valence-electron chi connectivity index (χ0n) is 47.2. The topological polar surface area (TPSA) is 55.1 Å². The minimum atomic E-state index is -0.109. The summed E-state index contributed by atoms with van der Waals surface area (Å²) in [5.41, 5.74) is 29.7. The maximum Gasteiger partial charge on any atom is 0.278 e. The van der Waals surface area contributed by atoms with Gasteiger partial charge in [-0.1, -0.05) is 119 Å². The summed E-state index contributed by atoms with van der Waals surface area (Å²) < 4.78 is 3.89. The van der Waals surface area contributed by atoms with Crippen molar-refractivity contribution in [3.05, 3.63) is 268 Å². The molecule has 0 bridgehead atoms. The van der Waals surface area contributed by atoms with E-state index in [0.717, 1.165) is 67.4 Å². The Bertz CT molecular complexity index is 4680. The fraction of sp³-hybridized carbons (Fsp3) is 0.0556. The zero-order valence-corrected chi connectivity index (χ0v) is 51.7. The molecule has 10 aromatic carbocycles. The van der Waals surface area contributed by atoms with Crippen LogP contribution in [-0.2, 0) is 42.1 Å². The standard InChI is InChI=1S/C37H27BN5.C35H23BN5.2Pt/c1-24-20-25(2)43(39-24)27-17-19-29-31-11-5-7-13-35(31)42-34-12-6-4-10-30(34)28-18-16-26(21-32(28)38(42)33(29)22-27)41-23-40(3)36-14-8-9-15-37(36)41;1-38-23-39(35-14-7-6-13-34(35)38)24-15-17-26-28-9-2-4-11-32(28)41-33-12-5-3-10-29(33)27-18-16-25(40-20-8-19-37-40)22-31(27)36(41)30(26)21-24;;/h4-20,23H,1-3H3;2-20,23H,1H3;;/q2*-3;;. The summed E-state index contributed by atoms with van der Waals surface area (Å²) in [6, 6.07) is 89.2. The predicted octanol–water partition coefficient (Wildman–Crippen LogP) is 12.8. The van der Waals surface area contributed by atoms with E-state index in [0.29, 0.717) is 0 Å². The number of benzene rings is 10. The summed E-state index contributed by atoms with van der Waals surface area (Å²) in [4.78, 5) is 13.8. The molecule has 0 amide bonds. The van der Waals surface area contributed by atoms with Crippen molar-refractivity contribution in [2.24, 2.45) is 0 Å². The van der Waals surface area contributed by atoms with E-state index >= 15 is 0 Å². The van der Waals surface area contributed by atoms with Crippen molar-refractivity contribution < 1.29 is 42.1 Å². The van der Waals surface area contributed by atoms with Gasteiger partial charge in [-0.15, -0.1) is 57.9 Å². The van der Waals surface area contributed by atoms with E-state index in [1.54, 1.807) is 0 Å². The van der Waals surface area contributed by atoms with Crippen molar-refractivity contribution in [1.29, 1.82) is 0 Å². The first-order valence-corrected chi connectivity index (χ1v) is 28.5. The van der Waals surface area contributed by atoms with E-state index in [4.69, 9.17) is 5.10 Å². The number of nitrogens with zero attached hydrogens (tertiary/aromatic N) is 10. The van der Waals surface area contributed by atoms with Gasteiger partial charge in [-0.3, -0.25) is 9.36 Å². The second kappa shape index (κ2) is 20.9. The van der Waals surface area contributed by atoms with Crippen LogP contribution < -0.4 is 51.1 Å². The number of anilines is 10. The molecule has 8 heterocycles. The van der Waals surface area contributed by atoms with Crippen LogP contribution in [0.5, 0.6) is 0 Å². The molecule has 18 rings (SSSR count). The minimum Gasteiger partial charge on any atom is -0.504 e. The van der Waals surface area contributed by atoms with Crippen LogP contribution in [0.3, 0.4) is 0 Å². The molecular weight excluding hydrogens is 1420 g/mol. The van der Waals surface area contributed by atoms with Crippen LogP contribution in [0.4, 0.5) is 56.9 Å². The Kier molecular flexibility index (Phi) is 13.0. The van der Waals surface area contributed by atoms with Gasteiger partial charge in [0, 0.05) is 106 Å². The Balaban J connectivity index is 0.000000142. The Morgan fingerprint density at radius 2 is 0.721 bits per heavy atom. The van der Waals surface area contributed by atoms with Crippen molar-refractivity contribution in [1.82, 2.24) is 19.6 Å². The Morgan fingerprint density at radius 1 is 0.372 bits per heavy atom. The number of aryl methyl sites for hydroxylation is 2. The van der Waals surface area contributed by atoms with E-state index in [1.807, 2.05) is 34.7 Å². The van der Waals surface area contributed by atoms with Crippen molar-refractivity contribution in [2.75, 3.05) is 43.3 Å². The Labute approximate surface area is 530 Å². The quantitative estimate of drug-likeness (QED) is 0.128. The first-order chi connectivity index (χ1) is 41.3. The fourth-order valence-electron chi connectivity index (χ4n) is 13.8. The molecule has 86 heavy (non-hydrogen) atoms. The summed E-state index contributed by atoms with van der Waals surface area (Å²) in [6.45, 7) is 8.22. The van der Waals surface area contributed by atoms with Crippen molar-refractivity contribution in [2.45, 2.75) is 13.8 Å². The van der Waals surface area contributed by atoms with E-state index in [2.05, 4.69) is 293 Å². The number of para-hydroxylation sites is 8. The van der Waals surface area contributed by atoms with Gasteiger partial charge in [0.1, 0.15) is 0 Å². The van der Waals surface area contributed by atoms with Gasteiger partial charge in [-0.2, -0.15) is 93.9 Å². The summed E-state index contributed by atoms with van der Waals surface area (Å²) >= 11 is 0. The predicted molar refractivity (Wildman–Crippen MR) is 343 cm³/mol. The van der Waals surface area contributed by atoms with Crippen molar-refractivity contribution in [3.8, 4) is 55.9 Å². The van der Waals surface area contributed by atoms with Crippen LogP contribution in [0, 0.1) is 51.5 Å². The third-order valence-electron chi connectivity index (χ3n) is 17.4. The molecule has 0 saturated carbocycles. The first kappa shape index (κ1) is 53.6. The Morgan fingerprint density at radius 3 is 1.10 bits per heavy atom. The monoisotopic (exact) mass is 1470 g/mol. The van der Waals surface area contributed by atoms with Crippen molar-refractivity contribution >= 4 is 92.4 Å². The van der Waals surface area contributed by atoms with Crippen LogP contribution >= 0.6 is 0 Å². The van der Waals surface area contributed by atoms with Gasteiger partial charge in [-0.25, -0.2) is 0 Å². The second-order valence-corrected chi connectivity index (χ2v) is 22.3. The largest absolute Gasteiger partial charge is 0.504 e. The van der Waals surface area contributed by atoms with Gasteiger partial charge in [-0.05, 0) is 100.0 Å². The molecule has 12 aromatic rings. The maximum absolute atomic E-state index is 4.80. The average molecular weight is 1470 g/mol. The Hall–Kier alpha value is -9.07. The molecule has 0 unspecified atom stereocenters. The molecule has 6 aliphatic rings. The van der Waals surface area contributed by atoms with Gasteiger partial charge in [0.2, 0.25) is 0 Å². The minimum absolute atomic E-state index is 0. The molecule has 420 valence electrons.